The van der Waals surface area contributed by atoms with Crippen LogP contribution in [0.25, 0.3) is 0 Å². The molecule has 0 spiro atoms. The van der Waals surface area contributed by atoms with E-state index in [-0.39, 0.29) is 0 Å². The standard InChI is InChI=1S/C15H21NO2/c1-3-4-9-18-15-10-12(5-8-14(15)17-2)11-16-13-6-7-13/h3-5,8,10,13,16H,6-7,9,11H2,1-2H3/b4-3+. The van der Waals surface area contributed by atoms with Crippen LogP contribution in [0, 0.1) is 0 Å². The van der Waals surface area contributed by atoms with E-state index in [0.29, 0.717) is 6.61 Å². The lowest BCUT2D eigenvalue weighted by atomic mass is 10.2. The first kappa shape index (κ1) is 13.0. The molecule has 98 valence electrons. The van der Waals surface area contributed by atoms with Crippen molar-refractivity contribution in [1.82, 2.24) is 5.32 Å². The van der Waals surface area contributed by atoms with Crippen LogP contribution in [0.3, 0.4) is 0 Å². The molecule has 0 amide bonds. The number of ether oxygens (including phenoxy) is 2. The van der Waals surface area contributed by atoms with Gasteiger partial charge in [-0.1, -0.05) is 18.2 Å². The maximum absolute atomic E-state index is 5.69. The largest absolute Gasteiger partial charge is 0.493 e. The molecule has 1 saturated carbocycles. The summed E-state index contributed by atoms with van der Waals surface area (Å²) in [5.74, 6) is 1.60. The molecule has 1 aliphatic rings. The second-order valence-corrected chi connectivity index (χ2v) is 4.52. The molecule has 0 heterocycles. The monoisotopic (exact) mass is 247 g/mol. The second kappa shape index (κ2) is 6.45. The summed E-state index contributed by atoms with van der Waals surface area (Å²) < 4.78 is 11.0. The van der Waals surface area contributed by atoms with Crippen molar-refractivity contribution in [3.8, 4) is 11.5 Å². The fraction of sp³-hybridized carbons (Fsp3) is 0.467. The van der Waals surface area contributed by atoms with Crippen molar-refractivity contribution in [2.45, 2.75) is 32.4 Å². The molecular formula is C15H21NO2. The van der Waals surface area contributed by atoms with Gasteiger partial charge < -0.3 is 14.8 Å². The third-order valence-corrected chi connectivity index (χ3v) is 2.97. The molecule has 18 heavy (non-hydrogen) atoms. The highest BCUT2D eigenvalue weighted by Gasteiger charge is 2.20. The smallest absolute Gasteiger partial charge is 0.161 e. The van der Waals surface area contributed by atoms with E-state index < -0.39 is 0 Å². The predicted molar refractivity (Wildman–Crippen MR) is 73.2 cm³/mol. The van der Waals surface area contributed by atoms with Gasteiger partial charge in [-0.05, 0) is 37.5 Å². The maximum Gasteiger partial charge on any atom is 0.161 e. The summed E-state index contributed by atoms with van der Waals surface area (Å²) in [7, 11) is 1.67. The van der Waals surface area contributed by atoms with E-state index in [1.54, 1.807) is 7.11 Å². The Morgan fingerprint density at radius 2 is 2.17 bits per heavy atom. The molecular weight excluding hydrogens is 226 g/mol. The highest BCUT2D eigenvalue weighted by Crippen LogP contribution is 2.28. The van der Waals surface area contributed by atoms with Crippen LogP contribution in [0.2, 0.25) is 0 Å². The molecule has 0 atom stereocenters. The highest BCUT2D eigenvalue weighted by molar-refractivity contribution is 5.43. The quantitative estimate of drug-likeness (QED) is 0.751. The van der Waals surface area contributed by atoms with Crippen LogP contribution in [0.4, 0.5) is 0 Å². The van der Waals surface area contributed by atoms with Gasteiger partial charge in [-0.15, -0.1) is 0 Å². The van der Waals surface area contributed by atoms with Crippen LogP contribution >= 0.6 is 0 Å². The average molecular weight is 247 g/mol. The van der Waals surface area contributed by atoms with Gasteiger partial charge in [0.1, 0.15) is 6.61 Å². The summed E-state index contributed by atoms with van der Waals surface area (Å²) in [5, 5.41) is 3.49. The van der Waals surface area contributed by atoms with Crippen molar-refractivity contribution in [3.63, 3.8) is 0 Å². The number of allylic oxidation sites excluding steroid dienone is 1. The van der Waals surface area contributed by atoms with Gasteiger partial charge in [0.15, 0.2) is 11.5 Å². The van der Waals surface area contributed by atoms with Crippen LogP contribution < -0.4 is 14.8 Å². The fourth-order valence-corrected chi connectivity index (χ4v) is 1.73. The third kappa shape index (κ3) is 3.77. The van der Waals surface area contributed by atoms with E-state index in [1.807, 2.05) is 25.1 Å². The summed E-state index contributed by atoms with van der Waals surface area (Å²) in [6.07, 6.45) is 6.57. The van der Waals surface area contributed by atoms with Gasteiger partial charge in [0.05, 0.1) is 7.11 Å². The molecule has 0 saturated heterocycles. The summed E-state index contributed by atoms with van der Waals surface area (Å²) in [6.45, 7) is 3.46. The average Bonchev–Trinajstić information content (AvgIpc) is 3.21. The van der Waals surface area contributed by atoms with Crippen molar-refractivity contribution in [3.05, 3.63) is 35.9 Å². The lowest BCUT2D eigenvalue weighted by Crippen LogP contribution is -2.15. The Hall–Kier alpha value is -1.48. The predicted octanol–water partition coefficient (Wildman–Crippen LogP) is 2.90. The number of methoxy groups -OCH3 is 1. The molecule has 3 nitrogen and oxygen atoms in total. The Morgan fingerprint density at radius 3 is 2.83 bits per heavy atom. The summed E-state index contributed by atoms with van der Waals surface area (Å²) in [4.78, 5) is 0. The number of benzene rings is 1. The number of nitrogens with one attached hydrogen (secondary N) is 1. The van der Waals surface area contributed by atoms with Crippen LogP contribution in [0.5, 0.6) is 11.5 Å². The number of rotatable bonds is 7. The van der Waals surface area contributed by atoms with Gasteiger partial charge in [-0.2, -0.15) is 0 Å². The Kier molecular flexibility index (Phi) is 4.65. The topological polar surface area (TPSA) is 30.5 Å². The summed E-state index contributed by atoms with van der Waals surface area (Å²) >= 11 is 0. The molecule has 1 fully saturated rings. The lowest BCUT2D eigenvalue weighted by Gasteiger charge is -2.11. The second-order valence-electron chi connectivity index (χ2n) is 4.52. The molecule has 0 radical (unpaired) electrons. The van der Waals surface area contributed by atoms with E-state index in [1.165, 1.54) is 18.4 Å². The van der Waals surface area contributed by atoms with E-state index in [9.17, 15) is 0 Å². The summed E-state index contributed by atoms with van der Waals surface area (Å²) in [5.41, 5.74) is 1.23. The minimum Gasteiger partial charge on any atom is -0.493 e. The van der Waals surface area contributed by atoms with Crippen molar-refractivity contribution < 1.29 is 9.47 Å². The van der Waals surface area contributed by atoms with Crippen LogP contribution in [0.1, 0.15) is 25.3 Å². The summed E-state index contributed by atoms with van der Waals surface area (Å²) in [6, 6.07) is 6.82. The number of hydrogen-bond acceptors (Lipinski definition) is 3. The van der Waals surface area contributed by atoms with Crippen molar-refractivity contribution >= 4 is 0 Å². The van der Waals surface area contributed by atoms with Gasteiger partial charge in [-0.25, -0.2) is 0 Å². The van der Waals surface area contributed by atoms with Gasteiger partial charge in [-0.3, -0.25) is 0 Å². The Balaban J connectivity index is 1.99. The SMILES string of the molecule is C/C=C/COc1cc(CNC2CC2)ccc1OC. The van der Waals surface area contributed by atoms with Crippen molar-refractivity contribution in [2.24, 2.45) is 0 Å². The molecule has 1 N–H and O–H groups in total. The Labute approximate surface area is 109 Å². The Morgan fingerprint density at radius 1 is 1.33 bits per heavy atom. The first-order valence-electron chi connectivity index (χ1n) is 6.47. The van der Waals surface area contributed by atoms with E-state index >= 15 is 0 Å². The van der Waals surface area contributed by atoms with Crippen LogP contribution in [-0.4, -0.2) is 19.8 Å². The molecule has 1 aliphatic carbocycles. The first-order valence-corrected chi connectivity index (χ1v) is 6.47. The lowest BCUT2D eigenvalue weighted by molar-refractivity contribution is 0.325. The zero-order chi connectivity index (χ0) is 12.8. The molecule has 1 aromatic rings. The molecule has 0 aliphatic heterocycles. The molecule has 3 heteroatoms. The van der Waals surface area contributed by atoms with Gasteiger partial charge in [0, 0.05) is 12.6 Å². The number of hydrogen-bond donors (Lipinski definition) is 1. The molecule has 0 bridgehead atoms. The zero-order valence-electron chi connectivity index (χ0n) is 11.1. The van der Waals surface area contributed by atoms with Crippen LogP contribution in [-0.2, 0) is 6.54 Å². The van der Waals surface area contributed by atoms with E-state index in [2.05, 4.69) is 17.4 Å². The molecule has 0 unspecified atom stereocenters. The molecule has 0 aromatic heterocycles. The van der Waals surface area contributed by atoms with Crippen molar-refractivity contribution in [2.75, 3.05) is 13.7 Å². The minimum absolute atomic E-state index is 0.576. The van der Waals surface area contributed by atoms with Gasteiger partial charge in [0.25, 0.3) is 0 Å². The van der Waals surface area contributed by atoms with E-state index in [0.717, 1.165) is 24.1 Å². The maximum atomic E-state index is 5.69. The molecule has 1 aromatic carbocycles. The van der Waals surface area contributed by atoms with Crippen molar-refractivity contribution in [1.29, 1.82) is 0 Å². The highest BCUT2D eigenvalue weighted by atomic mass is 16.5. The first-order chi connectivity index (χ1) is 8.83. The van der Waals surface area contributed by atoms with Gasteiger partial charge >= 0.3 is 0 Å². The van der Waals surface area contributed by atoms with Gasteiger partial charge in [0.2, 0.25) is 0 Å². The Bertz CT molecular complexity index is 411. The minimum atomic E-state index is 0.576. The van der Waals surface area contributed by atoms with Crippen LogP contribution in [0.15, 0.2) is 30.4 Å². The van der Waals surface area contributed by atoms with E-state index in [4.69, 9.17) is 9.47 Å². The fourth-order valence-electron chi connectivity index (χ4n) is 1.73. The molecule has 2 rings (SSSR count). The zero-order valence-corrected chi connectivity index (χ0v) is 11.1. The normalized spacial score (nSPS) is 15.0. The third-order valence-electron chi connectivity index (χ3n) is 2.97.